The van der Waals surface area contributed by atoms with Gasteiger partial charge in [-0.1, -0.05) is 12.1 Å². The molecule has 0 fully saturated rings. The molecule has 1 aliphatic heterocycles. The van der Waals surface area contributed by atoms with Crippen molar-refractivity contribution in [2.75, 3.05) is 23.4 Å². The first-order valence-corrected chi connectivity index (χ1v) is 9.22. The summed E-state index contributed by atoms with van der Waals surface area (Å²) in [5.41, 5.74) is -0.271. The summed E-state index contributed by atoms with van der Waals surface area (Å²) < 4.78 is 23.7. The van der Waals surface area contributed by atoms with Crippen LogP contribution in [0.2, 0.25) is 0 Å². The van der Waals surface area contributed by atoms with Crippen molar-refractivity contribution in [2.45, 2.75) is 19.4 Å². The molecule has 0 spiro atoms. The second kappa shape index (κ2) is 9.20. The Hall–Kier alpha value is -4.02. The Morgan fingerprint density at radius 2 is 2.03 bits per heavy atom. The van der Waals surface area contributed by atoms with E-state index < -0.39 is 41.0 Å². The van der Waals surface area contributed by atoms with Crippen molar-refractivity contribution in [1.82, 2.24) is 0 Å². The van der Waals surface area contributed by atoms with Crippen LogP contribution in [0.25, 0.3) is 0 Å². The van der Waals surface area contributed by atoms with E-state index in [0.717, 1.165) is 18.2 Å². The molecule has 2 aromatic carbocycles. The summed E-state index contributed by atoms with van der Waals surface area (Å²) in [5, 5.41) is 13.0. The van der Waals surface area contributed by atoms with Crippen molar-refractivity contribution in [3.05, 3.63) is 58.4 Å². The van der Waals surface area contributed by atoms with Gasteiger partial charge in [0, 0.05) is 18.3 Å². The predicted octanol–water partition coefficient (Wildman–Crippen LogP) is 2.42. The molecule has 0 aromatic heterocycles. The maximum atomic E-state index is 13.3. The van der Waals surface area contributed by atoms with Crippen molar-refractivity contribution < 1.29 is 33.2 Å². The number of nitrogens with one attached hydrogen (secondary N) is 1. The number of fused-ring (bicyclic) bond motifs is 1. The van der Waals surface area contributed by atoms with Crippen LogP contribution in [-0.2, 0) is 19.1 Å². The first-order valence-electron chi connectivity index (χ1n) is 9.22. The van der Waals surface area contributed by atoms with Crippen LogP contribution in [0.5, 0.6) is 5.75 Å². The number of amides is 2. The zero-order valence-corrected chi connectivity index (χ0v) is 16.4. The van der Waals surface area contributed by atoms with E-state index in [2.05, 4.69) is 5.32 Å². The third kappa shape index (κ3) is 5.13. The van der Waals surface area contributed by atoms with Crippen LogP contribution in [0, 0.1) is 15.9 Å². The minimum Gasteiger partial charge on any atom is -0.479 e. The van der Waals surface area contributed by atoms with E-state index >= 15 is 0 Å². The Morgan fingerprint density at radius 1 is 1.29 bits per heavy atom. The number of benzene rings is 2. The highest BCUT2D eigenvalue weighted by molar-refractivity contribution is 6.00. The van der Waals surface area contributed by atoms with Gasteiger partial charge in [0.05, 0.1) is 17.0 Å². The number of carbonyl (C=O) groups excluding carboxylic acids is 3. The number of para-hydroxylation sites is 2. The number of nitro groups is 1. The van der Waals surface area contributed by atoms with Gasteiger partial charge in [-0.2, -0.15) is 4.39 Å². The van der Waals surface area contributed by atoms with Gasteiger partial charge in [-0.25, -0.2) is 0 Å². The Bertz CT molecular complexity index is 1040. The fourth-order valence-electron chi connectivity index (χ4n) is 2.94. The van der Waals surface area contributed by atoms with E-state index in [1.807, 2.05) is 0 Å². The molecule has 31 heavy (non-hydrogen) atoms. The summed E-state index contributed by atoms with van der Waals surface area (Å²) in [5.74, 6) is -2.29. The lowest BCUT2D eigenvalue weighted by atomic mass is 10.2. The van der Waals surface area contributed by atoms with Crippen LogP contribution in [0.1, 0.15) is 13.3 Å². The van der Waals surface area contributed by atoms with Crippen LogP contribution >= 0.6 is 0 Å². The average Bonchev–Trinajstić information content (AvgIpc) is 2.73. The van der Waals surface area contributed by atoms with Gasteiger partial charge in [-0.15, -0.1) is 0 Å². The van der Waals surface area contributed by atoms with Crippen molar-refractivity contribution in [1.29, 1.82) is 0 Å². The number of nitro benzene ring substituents is 1. The molecule has 11 heteroatoms. The van der Waals surface area contributed by atoms with Gasteiger partial charge in [-0.05, 0) is 31.2 Å². The smallest absolute Gasteiger partial charge is 0.308 e. The summed E-state index contributed by atoms with van der Waals surface area (Å²) in [6.45, 7) is 0.996. The minimum atomic E-state index is -1.04. The number of nitrogens with zero attached hydrogens (tertiary/aromatic N) is 2. The highest BCUT2D eigenvalue weighted by atomic mass is 19.1. The molecule has 3 rings (SSSR count). The molecule has 1 unspecified atom stereocenters. The highest BCUT2D eigenvalue weighted by Gasteiger charge is 2.31. The van der Waals surface area contributed by atoms with Crippen LogP contribution < -0.4 is 15.0 Å². The number of hydrogen-bond donors (Lipinski definition) is 1. The van der Waals surface area contributed by atoms with Gasteiger partial charge in [-0.3, -0.25) is 24.5 Å². The fraction of sp³-hybridized carbons (Fsp3) is 0.250. The summed E-state index contributed by atoms with van der Waals surface area (Å²) in [6, 6.07) is 9.76. The molecule has 0 saturated carbocycles. The average molecular weight is 431 g/mol. The van der Waals surface area contributed by atoms with E-state index in [-0.39, 0.29) is 24.6 Å². The zero-order chi connectivity index (χ0) is 22.5. The maximum Gasteiger partial charge on any atom is 0.308 e. The molecule has 162 valence electrons. The summed E-state index contributed by atoms with van der Waals surface area (Å²) >= 11 is 0. The fourth-order valence-corrected chi connectivity index (χ4v) is 2.94. The predicted molar refractivity (Wildman–Crippen MR) is 106 cm³/mol. The Labute approximate surface area is 175 Å². The summed E-state index contributed by atoms with van der Waals surface area (Å²) in [4.78, 5) is 47.6. The number of hydrogen-bond acceptors (Lipinski definition) is 7. The molecule has 2 aromatic rings. The third-order valence-corrected chi connectivity index (χ3v) is 4.40. The van der Waals surface area contributed by atoms with Crippen molar-refractivity contribution in [3.63, 3.8) is 0 Å². The normalized spacial score (nSPS) is 15.0. The SMILES string of the molecule is CC1Oc2ccccc2N(CCC(=O)OCC(=O)Nc2ccc(F)c([N+](=O)[O-])c2)C1=O. The van der Waals surface area contributed by atoms with Gasteiger partial charge in [0.25, 0.3) is 11.8 Å². The van der Waals surface area contributed by atoms with E-state index in [4.69, 9.17) is 9.47 Å². The Kier molecular flexibility index (Phi) is 6.43. The van der Waals surface area contributed by atoms with Gasteiger partial charge >= 0.3 is 11.7 Å². The number of carbonyl (C=O) groups is 3. The van der Waals surface area contributed by atoms with E-state index in [1.54, 1.807) is 31.2 Å². The van der Waals surface area contributed by atoms with Gasteiger partial charge in [0.1, 0.15) is 5.75 Å². The zero-order valence-electron chi connectivity index (χ0n) is 16.4. The molecule has 2 amide bonds. The van der Waals surface area contributed by atoms with Gasteiger partial charge in [0.2, 0.25) is 5.82 Å². The minimum absolute atomic E-state index is 0.0151. The number of halogens is 1. The second-order valence-corrected chi connectivity index (χ2v) is 6.60. The molecular formula is C20H18FN3O7. The Morgan fingerprint density at radius 3 is 2.77 bits per heavy atom. The number of anilines is 2. The second-order valence-electron chi connectivity index (χ2n) is 6.60. The van der Waals surface area contributed by atoms with Crippen LogP contribution in [-0.4, -0.2) is 42.0 Å². The number of rotatable bonds is 7. The largest absolute Gasteiger partial charge is 0.479 e. The molecular weight excluding hydrogens is 413 g/mol. The first kappa shape index (κ1) is 21.7. The number of esters is 1. The molecule has 10 nitrogen and oxygen atoms in total. The number of ether oxygens (including phenoxy) is 2. The van der Waals surface area contributed by atoms with E-state index in [0.29, 0.717) is 11.4 Å². The standard InChI is InChI=1S/C20H18FN3O7/c1-12-20(27)23(15-4-2-3-5-17(15)31-12)9-8-19(26)30-11-18(25)22-13-6-7-14(21)16(10-13)24(28)29/h2-7,10,12H,8-9,11H2,1H3,(H,22,25). The molecule has 0 bridgehead atoms. The lowest BCUT2D eigenvalue weighted by Crippen LogP contribution is -2.45. The lowest BCUT2D eigenvalue weighted by Gasteiger charge is -2.32. The summed E-state index contributed by atoms with van der Waals surface area (Å²) in [7, 11) is 0. The maximum absolute atomic E-state index is 13.3. The molecule has 0 saturated heterocycles. The van der Waals surface area contributed by atoms with Gasteiger partial charge < -0.3 is 19.7 Å². The molecule has 0 radical (unpaired) electrons. The lowest BCUT2D eigenvalue weighted by molar-refractivity contribution is -0.387. The molecule has 0 aliphatic carbocycles. The molecule has 1 atom stereocenters. The van der Waals surface area contributed by atoms with E-state index in [9.17, 15) is 28.9 Å². The topological polar surface area (TPSA) is 128 Å². The quantitative estimate of drug-likeness (QED) is 0.405. The molecule has 1 heterocycles. The summed E-state index contributed by atoms with van der Waals surface area (Å²) in [6.07, 6.45) is -0.862. The van der Waals surface area contributed by atoms with Crippen LogP contribution in [0.15, 0.2) is 42.5 Å². The van der Waals surface area contributed by atoms with Gasteiger partial charge in [0.15, 0.2) is 12.7 Å². The van der Waals surface area contributed by atoms with Crippen molar-refractivity contribution in [3.8, 4) is 5.75 Å². The first-order chi connectivity index (χ1) is 14.8. The van der Waals surface area contributed by atoms with Crippen LogP contribution in [0.4, 0.5) is 21.5 Å². The monoisotopic (exact) mass is 431 g/mol. The molecule has 1 aliphatic rings. The third-order valence-electron chi connectivity index (χ3n) is 4.40. The van der Waals surface area contributed by atoms with Crippen LogP contribution in [0.3, 0.4) is 0 Å². The molecule has 1 N–H and O–H groups in total. The highest BCUT2D eigenvalue weighted by Crippen LogP contribution is 2.33. The van der Waals surface area contributed by atoms with Crippen molar-refractivity contribution >= 4 is 34.8 Å². The Balaban J connectivity index is 1.52. The van der Waals surface area contributed by atoms with Crippen molar-refractivity contribution in [2.24, 2.45) is 0 Å². The van der Waals surface area contributed by atoms with E-state index in [1.165, 1.54) is 4.90 Å².